The molecule has 2 aliphatic heterocycles. The van der Waals surface area contributed by atoms with Crippen LogP contribution in [0, 0.1) is 23.1 Å². The maximum absolute atomic E-state index is 14.7. The molecule has 154 valence electrons. The number of carbonyl (C=O) groups excluding carboxylic acids is 1. The zero-order chi connectivity index (χ0) is 21.4. The van der Waals surface area contributed by atoms with Gasteiger partial charge in [0.25, 0.3) is 5.91 Å². The van der Waals surface area contributed by atoms with Gasteiger partial charge in [-0.05, 0) is 61.9 Å². The van der Waals surface area contributed by atoms with E-state index in [2.05, 4.69) is 21.0 Å². The van der Waals surface area contributed by atoms with Gasteiger partial charge in [0.15, 0.2) is 5.82 Å². The molecule has 0 N–H and O–H groups in total. The average molecular weight is 413 g/mol. The van der Waals surface area contributed by atoms with E-state index in [1.54, 1.807) is 42.9 Å². The van der Waals surface area contributed by atoms with Crippen LogP contribution in [0.2, 0.25) is 0 Å². The van der Waals surface area contributed by atoms with Crippen molar-refractivity contribution in [3.8, 4) is 17.5 Å². The minimum atomic E-state index is -0.498. The summed E-state index contributed by atoms with van der Waals surface area (Å²) in [5.41, 5.74) is 1.92. The quantitative estimate of drug-likeness (QED) is 0.650. The van der Waals surface area contributed by atoms with Crippen molar-refractivity contribution in [3.63, 3.8) is 0 Å². The molecule has 2 bridgehead atoms. The second-order valence-corrected chi connectivity index (χ2v) is 8.10. The highest BCUT2D eigenvalue weighted by molar-refractivity contribution is 6.01. The van der Waals surface area contributed by atoms with Crippen LogP contribution in [-0.4, -0.2) is 37.8 Å². The first-order valence-electron chi connectivity index (χ1n) is 10.4. The number of nitrogens with zero attached hydrogens (tertiary/aromatic N) is 5. The van der Waals surface area contributed by atoms with Gasteiger partial charge in [-0.3, -0.25) is 9.78 Å². The summed E-state index contributed by atoms with van der Waals surface area (Å²) in [4.78, 5) is 28.3. The highest BCUT2D eigenvalue weighted by Crippen LogP contribution is 2.44. The van der Waals surface area contributed by atoms with Crippen LogP contribution in [0.3, 0.4) is 0 Å². The molecule has 0 saturated carbocycles. The summed E-state index contributed by atoms with van der Waals surface area (Å²) in [5.74, 6) is -0.145. The van der Waals surface area contributed by atoms with Crippen LogP contribution in [0.5, 0.6) is 0 Å². The predicted molar refractivity (Wildman–Crippen MR) is 111 cm³/mol. The molecule has 2 aliphatic rings. The lowest BCUT2D eigenvalue weighted by molar-refractivity contribution is 0.0719. The largest absolute Gasteiger partial charge is 0.332 e. The molecule has 3 aromatic rings. The molecule has 31 heavy (non-hydrogen) atoms. The Kier molecular flexibility index (Phi) is 4.91. The van der Waals surface area contributed by atoms with E-state index < -0.39 is 5.82 Å². The number of rotatable bonds is 4. The van der Waals surface area contributed by atoms with E-state index in [1.807, 2.05) is 11.0 Å². The molecule has 2 saturated heterocycles. The summed E-state index contributed by atoms with van der Waals surface area (Å²) in [6, 6.07) is 12.2. The fraction of sp³-hybridized carbons (Fsp3) is 0.292. The van der Waals surface area contributed by atoms with Gasteiger partial charge in [-0.15, -0.1) is 0 Å². The summed E-state index contributed by atoms with van der Waals surface area (Å²) < 4.78 is 14.7. The third kappa shape index (κ3) is 3.44. The molecular weight excluding hydrogens is 393 g/mol. The van der Waals surface area contributed by atoms with Crippen LogP contribution in [0.25, 0.3) is 11.4 Å². The Morgan fingerprint density at radius 2 is 1.97 bits per heavy atom. The Morgan fingerprint density at radius 3 is 2.71 bits per heavy atom. The number of benzene rings is 1. The van der Waals surface area contributed by atoms with Gasteiger partial charge < -0.3 is 4.90 Å². The zero-order valence-electron chi connectivity index (χ0n) is 16.8. The molecule has 0 spiro atoms. The second kappa shape index (κ2) is 7.88. The van der Waals surface area contributed by atoms with Crippen LogP contribution in [0.4, 0.5) is 4.39 Å². The number of aromatic nitrogens is 3. The molecule has 4 heterocycles. The Balaban J connectivity index is 1.42. The molecule has 1 amide bonds. The first-order chi connectivity index (χ1) is 15.2. The first kappa shape index (κ1) is 19.3. The SMILES string of the molecule is N#Cc1ccc(CC2CC3CCC2N3C(=O)c2cccc(F)c2-c2ncccn2)nc1. The third-order valence-corrected chi connectivity index (χ3v) is 6.36. The maximum Gasteiger partial charge on any atom is 0.255 e. The predicted octanol–water partition coefficient (Wildman–Crippen LogP) is 3.79. The third-order valence-electron chi connectivity index (χ3n) is 6.36. The minimum Gasteiger partial charge on any atom is -0.332 e. The molecule has 1 aromatic carbocycles. The molecule has 3 atom stereocenters. The van der Waals surface area contributed by atoms with E-state index >= 15 is 0 Å². The summed E-state index contributed by atoms with van der Waals surface area (Å²) in [5, 5.41) is 8.96. The second-order valence-electron chi connectivity index (χ2n) is 8.10. The Labute approximate surface area is 179 Å². The van der Waals surface area contributed by atoms with Crippen molar-refractivity contribution in [2.45, 2.75) is 37.8 Å². The zero-order valence-corrected chi connectivity index (χ0v) is 16.8. The number of fused-ring (bicyclic) bond motifs is 2. The summed E-state index contributed by atoms with van der Waals surface area (Å²) >= 11 is 0. The van der Waals surface area contributed by atoms with Gasteiger partial charge in [0.05, 0.1) is 16.7 Å². The van der Waals surface area contributed by atoms with Crippen LogP contribution < -0.4 is 0 Å². The van der Waals surface area contributed by atoms with Gasteiger partial charge in [-0.2, -0.15) is 5.26 Å². The van der Waals surface area contributed by atoms with Gasteiger partial charge in [-0.25, -0.2) is 14.4 Å². The lowest BCUT2D eigenvalue weighted by Crippen LogP contribution is -2.37. The van der Waals surface area contributed by atoms with Crippen molar-refractivity contribution in [2.24, 2.45) is 5.92 Å². The minimum absolute atomic E-state index is 0.0998. The van der Waals surface area contributed by atoms with Crippen molar-refractivity contribution in [3.05, 3.63) is 77.6 Å². The van der Waals surface area contributed by atoms with Crippen molar-refractivity contribution in [1.82, 2.24) is 19.9 Å². The normalized spacial score (nSPS) is 21.8. The van der Waals surface area contributed by atoms with Gasteiger partial charge in [0.2, 0.25) is 0 Å². The number of nitriles is 1. The number of hydrogen-bond donors (Lipinski definition) is 0. The number of pyridine rings is 1. The van der Waals surface area contributed by atoms with E-state index in [-0.39, 0.29) is 29.4 Å². The van der Waals surface area contributed by atoms with Crippen molar-refractivity contribution in [2.75, 3.05) is 0 Å². The molecule has 2 fully saturated rings. The standard InChI is InChI=1S/C24H20FN5O/c25-20-4-1-3-19(22(20)23-27-9-2-10-28-23)24(31)30-18-7-8-21(30)16(12-18)11-17-6-5-15(13-26)14-29-17/h1-6,9-10,14,16,18,21H,7-8,11-12H2. The van der Waals surface area contributed by atoms with E-state index in [4.69, 9.17) is 5.26 Å². The molecule has 2 aromatic heterocycles. The lowest BCUT2D eigenvalue weighted by atomic mass is 9.86. The number of hydrogen-bond acceptors (Lipinski definition) is 5. The van der Waals surface area contributed by atoms with E-state index in [9.17, 15) is 9.18 Å². The molecular formula is C24H20FN5O. The molecule has 5 rings (SSSR count). The van der Waals surface area contributed by atoms with Crippen LogP contribution in [0.15, 0.2) is 55.0 Å². The fourth-order valence-corrected chi connectivity index (χ4v) is 5.03. The van der Waals surface area contributed by atoms with Gasteiger partial charge in [0.1, 0.15) is 11.9 Å². The molecule has 3 unspecified atom stereocenters. The number of carbonyl (C=O) groups is 1. The van der Waals surface area contributed by atoms with Gasteiger partial charge in [-0.1, -0.05) is 6.07 Å². The monoisotopic (exact) mass is 413 g/mol. The average Bonchev–Trinajstić information content (AvgIpc) is 3.37. The number of amides is 1. The molecule has 6 nitrogen and oxygen atoms in total. The van der Waals surface area contributed by atoms with E-state index in [0.29, 0.717) is 17.0 Å². The summed E-state index contributed by atoms with van der Waals surface area (Å²) in [6.07, 6.45) is 8.24. The highest BCUT2D eigenvalue weighted by Gasteiger charge is 2.48. The maximum atomic E-state index is 14.7. The molecule has 7 heteroatoms. The summed E-state index contributed by atoms with van der Waals surface area (Å²) in [7, 11) is 0. The van der Waals surface area contributed by atoms with Crippen LogP contribution in [-0.2, 0) is 6.42 Å². The Bertz CT molecular complexity index is 1160. The van der Waals surface area contributed by atoms with Gasteiger partial charge >= 0.3 is 0 Å². The Hall–Kier alpha value is -3.66. The van der Waals surface area contributed by atoms with Crippen molar-refractivity contribution < 1.29 is 9.18 Å². The Morgan fingerprint density at radius 1 is 1.13 bits per heavy atom. The molecule has 0 radical (unpaired) electrons. The van der Waals surface area contributed by atoms with Crippen LogP contribution in [0.1, 0.15) is 40.9 Å². The van der Waals surface area contributed by atoms with E-state index in [0.717, 1.165) is 31.4 Å². The van der Waals surface area contributed by atoms with Crippen LogP contribution >= 0.6 is 0 Å². The van der Waals surface area contributed by atoms with Crippen molar-refractivity contribution in [1.29, 1.82) is 5.26 Å². The first-order valence-corrected chi connectivity index (χ1v) is 10.4. The van der Waals surface area contributed by atoms with E-state index in [1.165, 1.54) is 6.07 Å². The lowest BCUT2D eigenvalue weighted by Gasteiger charge is -2.25. The smallest absolute Gasteiger partial charge is 0.255 e. The van der Waals surface area contributed by atoms with Crippen molar-refractivity contribution >= 4 is 5.91 Å². The molecule has 0 aliphatic carbocycles. The fourth-order valence-electron chi connectivity index (χ4n) is 5.03. The number of halogens is 1. The summed E-state index contributed by atoms with van der Waals surface area (Å²) in [6.45, 7) is 0. The van der Waals surface area contributed by atoms with Gasteiger partial charge in [0, 0.05) is 36.4 Å². The highest BCUT2D eigenvalue weighted by atomic mass is 19.1. The topological polar surface area (TPSA) is 82.8 Å².